The predicted molar refractivity (Wildman–Crippen MR) is 67.5 cm³/mol. The zero-order valence-corrected chi connectivity index (χ0v) is 10.1. The third kappa shape index (κ3) is 2.21. The molecule has 90 valence electrons. The fraction of sp³-hybridized carbons (Fsp3) is 0.533. The van der Waals surface area contributed by atoms with Gasteiger partial charge in [-0.1, -0.05) is 30.3 Å². The van der Waals surface area contributed by atoms with Gasteiger partial charge in [-0.2, -0.15) is 0 Å². The Morgan fingerprint density at radius 3 is 2.53 bits per heavy atom. The number of hydrogen-bond donors (Lipinski definition) is 0. The van der Waals surface area contributed by atoms with Crippen LogP contribution < -0.4 is 0 Å². The van der Waals surface area contributed by atoms with Gasteiger partial charge in [0.25, 0.3) is 0 Å². The number of piperidine rings is 1. The van der Waals surface area contributed by atoms with E-state index in [-0.39, 0.29) is 0 Å². The van der Waals surface area contributed by atoms with E-state index in [0.717, 1.165) is 25.8 Å². The first-order chi connectivity index (χ1) is 8.36. The van der Waals surface area contributed by atoms with E-state index in [1.165, 1.54) is 18.4 Å². The molecule has 17 heavy (non-hydrogen) atoms. The molecule has 1 saturated carbocycles. The first kappa shape index (κ1) is 10.8. The second-order valence-electron chi connectivity index (χ2n) is 5.23. The second kappa shape index (κ2) is 4.52. The molecule has 1 atom stereocenters. The Bertz CT molecular complexity index is 397. The molecule has 0 bridgehead atoms. The van der Waals surface area contributed by atoms with E-state index >= 15 is 0 Å². The monoisotopic (exact) mass is 229 g/mol. The van der Waals surface area contributed by atoms with Gasteiger partial charge >= 0.3 is 0 Å². The highest BCUT2D eigenvalue weighted by atomic mass is 16.2. The third-order valence-electron chi connectivity index (χ3n) is 3.90. The summed E-state index contributed by atoms with van der Waals surface area (Å²) >= 11 is 0. The smallest absolute Gasteiger partial charge is 0.226 e. The topological polar surface area (TPSA) is 20.3 Å². The number of rotatable bonds is 2. The van der Waals surface area contributed by atoms with E-state index < -0.39 is 0 Å². The molecule has 3 rings (SSSR count). The van der Waals surface area contributed by atoms with Crippen molar-refractivity contribution in [2.45, 2.75) is 38.1 Å². The number of likely N-dealkylation sites (tertiary alicyclic amines) is 1. The molecule has 1 heterocycles. The molecule has 2 nitrogen and oxygen atoms in total. The summed E-state index contributed by atoms with van der Waals surface area (Å²) in [7, 11) is 0. The molecule has 1 amide bonds. The first-order valence-electron chi connectivity index (χ1n) is 6.71. The highest BCUT2D eigenvalue weighted by Gasteiger charge is 2.37. The van der Waals surface area contributed by atoms with Crippen molar-refractivity contribution in [3.05, 3.63) is 35.9 Å². The Morgan fingerprint density at radius 2 is 1.82 bits per heavy atom. The Balaban J connectivity index is 1.82. The van der Waals surface area contributed by atoms with Crippen molar-refractivity contribution in [3.8, 4) is 0 Å². The van der Waals surface area contributed by atoms with Crippen LogP contribution in [0.4, 0.5) is 0 Å². The molecule has 2 fully saturated rings. The number of carbonyl (C=O) groups is 1. The maximum atomic E-state index is 12.3. The highest BCUT2D eigenvalue weighted by Crippen LogP contribution is 2.37. The number of nitrogens with zero attached hydrogens (tertiary/aromatic N) is 1. The fourth-order valence-corrected chi connectivity index (χ4v) is 2.78. The molecule has 1 aliphatic heterocycles. The maximum absolute atomic E-state index is 12.3. The summed E-state index contributed by atoms with van der Waals surface area (Å²) in [6.45, 7) is 0.953. The number of hydrogen-bond acceptors (Lipinski definition) is 1. The van der Waals surface area contributed by atoms with Gasteiger partial charge in [0.2, 0.25) is 5.91 Å². The minimum atomic E-state index is 0.332. The van der Waals surface area contributed by atoms with Gasteiger partial charge in [-0.25, -0.2) is 0 Å². The molecule has 0 N–H and O–H groups in total. The normalized spacial score (nSPS) is 24.7. The summed E-state index contributed by atoms with van der Waals surface area (Å²) in [6.07, 6.45) is 5.76. The molecule has 0 spiro atoms. The van der Waals surface area contributed by atoms with Crippen LogP contribution in [0.3, 0.4) is 0 Å². The van der Waals surface area contributed by atoms with Crippen molar-refractivity contribution >= 4 is 5.91 Å². The summed E-state index contributed by atoms with van der Waals surface area (Å²) in [5.74, 6) is 0.748. The third-order valence-corrected chi connectivity index (χ3v) is 3.90. The molecular weight excluding hydrogens is 210 g/mol. The van der Waals surface area contributed by atoms with E-state index in [4.69, 9.17) is 0 Å². The van der Waals surface area contributed by atoms with Gasteiger partial charge in [0.15, 0.2) is 0 Å². The van der Waals surface area contributed by atoms with E-state index in [1.807, 2.05) is 6.07 Å². The van der Waals surface area contributed by atoms with Crippen LogP contribution in [0.25, 0.3) is 0 Å². The SMILES string of the molecule is O=C(C1CC1)N1CCCCC1c1ccccc1. The van der Waals surface area contributed by atoms with Crippen molar-refractivity contribution in [2.24, 2.45) is 5.92 Å². The average molecular weight is 229 g/mol. The van der Waals surface area contributed by atoms with E-state index in [9.17, 15) is 4.79 Å². The van der Waals surface area contributed by atoms with Crippen LogP contribution in [0.2, 0.25) is 0 Å². The Kier molecular flexibility index (Phi) is 2.87. The highest BCUT2D eigenvalue weighted by molar-refractivity contribution is 5.81. The lowest BCUT2D eigenvalue weighted by Gasteiger charge is -2.36. The van der Waals surface area contributed by atoms with Gasteiger partial charge in [0.1, 0.15) is 0 Å². The van der Waals surface area contributed by atoms with Gasteiger partial charge in [0, 0.05) is 12.5 Å². The first-order valence-corrected chi connectivity index (χ1v) is 6.71. The Labute approximate surface area is 103 Å². The summed E-state index contributed by atoms with van der Waals surface area (Å²) in [6, 6.07) is 10.8. The number of carbonyl (C=O) groups excluding carboxylic acids is 1. The Morgan fingerprint density at radius 1 is 1.06 bits per heavy atom. The predicted octanol–water partition coefficient (Wildman–Crippen LogP) is 3.15. The van der Waals surface area contributed by atoms with Crippen LogP contribution in [-0.4, -0.2) is 17.4 Å². The second-order valence-corrected chi connectivity index (χ2v) is 5.23. The molecule has 1 aromatic rings. The van der Waals surface area contributed by atoms with Gasteiger partial charge < -0.3 is 4.90 Å². The van der Waals surface area contributed by atoms with Crippen molar-refractivity contribution in [1.82, 2.24) is 4.90 Å². The number of amides is 1. The molecule has 1 saturated heterocycles. The summed E-state index contributed by atoms with van der Waals surface area (Å²) in [5.41, 5.74) is 1.31. The molecule has 1 aliphatic carbocycles. The molecular formula is C15H19NO. The molecule has 2 aliphatic rings. The standard InChI is InChI=1S/C15H19NO/c17-15(13-9-10-13)16-11-5-4-8-14(16)12-6-2-1-3-7-12/h1-3,6-7,13-14H,4-5,8-11H2. The van der Waals surface area contributed by atoms with Crippen molar-refractivity contribution in [1.29, 1.82) is 0 Å². The van der Waals surface area contributed by atoms with Gasteiger partial charge in [-0.3, -0.25) is 4.79 Å². The summed E-state index contributed by atoms with van der Waals surface area (Å²) in [4.78, 5) is 14.4. The number of benzene rings is 1. The van der Waals surface area contributed by atoms with Crippen LogP contribution in [0.1, 0.15) is 43.7 Å². The minimum Gasteiger partial charge on any atom is -0.335 e. The molecule has 0 radical (unpaired) electrons. The fourth-order valence-electron chi connectivity index (χ4n) is 2.78. The lowest BCUT2D eigenvalue weighted by atomic mass is 9.95. The van der Waals surface area contributed by atoms with Crippen molar-refractivity contribution in [3.63, 3.8) is 0 Å². The van der Waals surface area contributed by atoms with E-state index in [1.54, 1.807) is 0 Å². The van der Waals surface area contributed by atoms with Gasteiger partial charge in [-0.05, 0) is 37.7 Å². The zero-order chi connectivity index (χ0) is 11.7. The molecule has 0 aromatic heterocycles. The van der Waals surface area contributed by atoms with E-state index in [0.29, 0.717) is 17.9 Å². The minimum absolute atomic E-state index is 0.332. The quantitative estimate of drug-likeness (QED) is 0.763. The zero-order valence-electron chi connectivity index (χ0n) is 10.1. The van der Waals surface area contributed by atoms with Crippen molar-refractivity contribution in [2.75, 3.05) is 6.54 Å². The van der Waals surface area contributed by atoms with Crippen molar-refractivity contribution < 1.29 is 4.79 Å². The van der Waals surface area contributed by atoms with Crippen LogP contribution in [0, 0.1) is 5.92 Å². The molecule has 1 unspecified atom stereocenters. The molecule has 1 aromatic carbocycles. The Hall–Kier alpha value is -1.31. The lowest BCUT2D eigenvalue weighted by Crippen LogP contribution is -2.39. The largest absolute Gasteiger partial charge is 0.335 e. The maximum Gasteiger partial charge on any atom is 0.226 e. The molecule has 2 heteroatoms. The lowest BCUT2D eigenvalue weighted by molar-refractivity contribution is -0.136. The van der Waals surface area contributed by atoms with Crippen LogP contribution in [0.15, 0.2) is 30.3 Å². The summed E-state index contributed by atoms with van der Waals surface area (Å²) in [5, 5.41) is 0. The van der Waals surface area contributed by atoms with Gasteiger partial charge in [0.05, 0.1) is 6.04 Å². The summed E-state index contributed by atoms with van der Waals surface area (Å²) < 4.78 is 0. The van der Waals surface area contributed by atoms with Gasteiger partial charge in [-0.15, -0.1) is 0 Å². The van der Waals surface area contributed by atoms with E-state index in [2.05, 4.69) is 29.2 Å². The van der Waals surface area contributed by atoms with Crippen LogP contribution in [-0.2, 0) is 4.79 Å². The van der Waals surface area contributed by atoms with Crippen LogP contribution >= 0.6 is 0 Å². The van der Waals surface area contributed by atoms with Crippen LogP contribution in [0.5, 0.6) is 0 Å². The average Bonchev–Trinajstić information content (AvgIpc) is 3.23.